The Hall–Kier alpha value is -1.35. The predicted molar refractivity (Wildman–Crippen MR) is 71.7 cm³/mol. The number of benzene rings is 1. The summed E-state index contributed by atoms with van der Waals surface area (Å²) >= 11 is 0. The second-order valence-electron chi connectivity index (χ2n) is 5.09. The monoisotopic (exact) mass is 247 g/mol. The van der Waals surface area contributed by atoms with E-state index >= 15 is 0 Å². The highest BCUT2D eigenvalue weighted by atomic mass is 16.4. The summed E-state index contributed by atoms with van der Waals surface area (Å²) in [6, 6.07) is 7.32. The summed E-state index contributed by atoms with van der Waals surface area (Å²) in [6.45, 7) is 4.96. The molecule has 1 saturated carbocycles. The SMILES string of the molecule is CCN(Cc1ccccc1C(=O)O)CC1CCC1. The molecule has 0 saturated heterocycles. The van der Waals surface area contributed by atoms with Gasteiger partial charge in [-0.05, 0) is 36.9 Å². The van der Waals surface area contributed by atoms with Crippen LogP contribution in [0.4, 0.5) is 0 Å². The summed E-state index contributed by atoms with van der Waals surface area (Å²) in [5.41, 5.74) is 1.36. The van der Waals surface area contributed by atoms with E-state index in [0.717, 1.165) is 31.1 Å². The Balaban J connectivity index is 2.03. The third-order valence-electron chi connectivity index (χ3n) is 3.83. The highest BCUT2D eigenvalue weighted by Gasteiger charge is 2.21. The molecule has 18 heavy (non-hydrogen) atoms. The second-order valence-corrected chi connectivity index (χ2v) is 5.09. The minimum atomic E-state index is -0.828. The summed E-state index contributed by atoms with van der Waals surface area (Å²) in [6.07, 6.45) is 4.02. The summed E-state index contributed by atoms with van der Waals surface area (Å²) in [5.74, 6) is -0.00719. The highest BCUT2D eigenvalue weighted by molar-refractivity contribution is 5.89. The summed E-state index contributed by atoms with van der Waals surface area (Å²) in [5, 5.41) is 9.17. The Morgan fingerprint density at radius 3 is 2.67 bits per heavy atom. The molecule has 1 aliphatic carbocycles. The maximum atomic E-state index is 11.2. The molecule has 1 aromatic carbocycles. The largest absolute Gasteiger partial charge is 0.478 e. The molecule has 0 bridgehead atoms. The number of hydrogen-bond donors (Lipinski definition) is 1. The first kappa shape index (κ1) is 13.1. The molecule has 0 radical (unpaired) electrons. The van der Waals surface area contributed by atoms with Crippen LogP contribution in [0.2, 0.25) is 0 Å². The molecule has 1 aliphatic rings. The van der Waals surface area contributed by atoms with Crippen LogP contribution >= 0.6 is 0 Å². The molecule has 2 rings (SSSR count). The molecule has 0 aromatic heterocycles. The van der Waals surface area contributed by atoms with Crippen LogP contribution in [-0.2, 0) is 6.54 Å². The van der Waals surface area contributed by atoms with E-state index in [4.69, 9.17) is 0 Å². The van der Waals surface area contributed by atoms with Crippen LogP contribution in [0.5, 0.6) is 0 Å². The van der Waals surface area contributed by atoms with Gasteiger partial charge in [0, 0.05) is 13.1 Å². The molecule has 98 valence electrons. The first-order valence-corrected chi connectivity index (χ1v) is 6.74. The standard InChI is InChI=1S/C15H21NO2/c1-2-16(10-12-6-5-7-12)11-13-8-3-4-9-14(13)15(17)18/h3-4,8-9,12H,2,5-7,10-11H2,1H3,(H,17,18). The maximum Gasteiger partial charge on any atom is 0.336 e. The number of aromatic carboxylic acids is 1. The quantitative estimate of drug-likeness (QED) is 0.840. The number of nitrogens with zero attached hydrogens (tertiary/aromatic N) is 1. The van der Waals surface area contributed by atoms with Gasteiger partial charge in [0.2, 0.25) is 0 Å². The van der Waals surface area contributed by atoms with Gasteiger partial charge in [-0.3, -0.25) is 4.90 Å². The van der Waals surface area contributed by atoms with Gasteiger partial charge in [0.1, 0.15) is 0 Å². The highest BCUT2D eigenvalue weighted by Crippen LogP contribution is 2.27. The zero-order valence-corrected chi connectivity index (χ0v) is 10.9. The van der Waals surface area contributed by atoms with E-state index in [1.807, 2.05) is 12.1 Å². The predicted octanol–water partition coefficient (Wildman–Crippen LogP) is 3.01. The lowest BCUT2D eigenvalue weighted by Crippen LogP contribution is -2.32. The Bertz CT molecular complexity index is 413. The lowest BCUT2D eigenvalue weighted by atomic mass is 9.85. The van der Waals surface area contributed by atoms with Crippen molar-refractivity contribution in [1.82, 2.24) is 4.90 Å². The van der Waals surface area contributed by atoms with E-state index in [1.54, 1.807) is 12.1 Å². The Labute approximate surface area is 108 Å². The molecule has 0 heterocycles. The van der Waals surface area contributed by atoms with Gasteiger partial charge < -0.3 is 5.11 Å². The van der Waals surface area contributed by atoms with Crippen molar-refractivity contribution in [2.75, 3.05) is 13.1 Å². The van der Waals surface area contributed by atoms with Gasteiger partial charge in [-0.15, -0.1) is 0 Å². The molecule has 0 atom stereocenters. The van der Waals surface area contributed by atoms with E-state index in [9.17, 15) is 9.90 Å². The Kier molecular flexibility index (Phi) is 4.37. The first-order valence-electron chi connectivity index (χ1n) is 6.74. The zero-order valence-electron chi connectivity index (χ0n) is 10.9. The average Bonchev–Trinajstić information content (AvgIpc) is 2.32. The van der Waals surface area contributed by atoms with E-state index in [1.165, 1.54) is 19.3 Å². The van der Waals surface area contributed by atoms with Crippen molar-refractivity contribution in [3.05, 3.63) is 35.4 Å². The van der Waals surface area contributed by atoms with Gasteiger partial charge in [-0.1, -0.05) is 31.5 Å². The van der Waals surface area contributed by atoms with Crippen LogP contribution in [0.15, 0.2) is 24.3 Å². The van der Waals surface area contributed by atoms with Crippen LogP contribution < -0.4 is 0 Å². The fourth-order valence-corrected chi connectivity index (χ4v) is 2.45. The fourth-order valence-electron chi connectivity index (χ4n) is 2.45. The summed E-state index contributed by atoms with van der Waals surface area (Å²) in [7, 11) is 0. The number of carboxylic acid groups (broad SMARTS) is 1. The maximum absolute atomic E-state index is 11.2. The van der Waals surface area contributed by atoms with Crippen LogP contribution in [0.3, 0.4) is 0 Å². The van der Waals surface area contributed by atoms with Crippen molar-refractivity contribution in [3.8, 4) is 0 Å². The lowest BCUT2D eigenvalue weighted by molar-refractivity contribution is 0.0694. The minimum Gasteiger partial charge on any atom is -0.478 e. The van der Waals surface area contributed by atoms with Gasteiger partial charge in [0.25, 0.3) is 0 Å². The summed E-state index contributed by atoms with van der Waals surface area (Å²) in [4.78, 5) is 13.5. The number of rotatable bonds is 6. The van der Waals surface area contributed by atoms with Crippen LogP contribution in [0.1, 0.15) is 42.1 Å². The normalized spacial score (nSPS) is 15.7. The zero-order chi connectivity index (χ0) is 13.0. The smallest absolute Gasteiger partial charge is 0.336 e. The van der Waals surface area contributed by atoms with Crippen molar-refractivity contribution in [2.45, 2.75) is 32.7 Å². The van der Waals surface area contributed by atoms with Crippen LogP contribution in [0, 0.1) is 5.92 Å². The van der Waals surface area contributed by atoms with Gasteiger partial charge in [0.05, 0.1) is 5.56 Å². The Morgan fingerprint density at radius 2 is 2.11 bits per heavy atom. The van der Waals surface area contributed by atoms with Crippen molar-refractivity contribution >= 4 is 5.97 Å². The van der Waals surface area contributed by atoms with E-state index in [0.29, 0.717) is 5.56 Å². The van der Waals surface area contributed by atoms with E-state index in [2.05, 4.69) is 11.8 Å². The van der Waals surface area contributed by atoms with Gasteiger partial charge in [0.15, 0.2) is 0 Å². The van der Waals surface area contributed by atoms with Crippen LogP contribution in [-0.4, -0.2) is 29.1 Å². The molecule has 0 spiro atoms. The first-order chi connectivity index (χ1) is 8.70. The number of hydrogen-bond acceptors (Lipinski definition) is 2. The summed E-state index contributed by atoms with van der Waals surface area (Å²) < 4.78 is 0. The second kappa shape index (κ2) is 6.01. The molecule has 3 nitrogen and oxygen atoms in total. The molecule has 0 unspecified atom stereocenters. The molecule has 1 aromatic rings. The molecular weight excluding hydrogens is 226 g/mol. The number of carbonyl (C=O) groups is 1. The molecule has 1 N–H and O–H groups in total. The molecule has 3 heteroatoms. The van der Waals surface area contributed by atoms with Crippen molar-refractivity contribution in [2.24, 2.45) is 5.92 Å². The molecule has 1 fully saturated rings. The van der Waals surface area contributed by atoms with E-state index in [-0.39, 0.29) is 0 Å². The third-order valence-corrected chi connectivity index (χ3v) is 3.83. The lowest BCUT2D eigenvalue weighted by Gasteiger charge is -2.32. The minimum absolute atomic E-state index is 0.435. The third kappa shape index (κ3) is 3.10. The molecule has 0 amide bonds. The van der Waals surface area contributed by atoms with Crippen molar-refractivity contribution < 1.29 is 9.90 Å². The van der Waals surface area contributed by atoms with E-state index < -0.39 is 5.97 Å². The van der Waals surface area contributed by atoms with Crippen molar-refractivity contribution in [1.29, 1.82) is 0 Å². The molecule has 0 aliphatic heterocycles. The fraction of sp³-hybridized carbons (Fsp3) is 0.533. The average molecular weight is 247 g/mol. The molecular formula is C15H21NO2. The van der Waals surface area contributed by atoms with Crippen molar-refractivity contribution in [3.63, 3.8) is 0 Å². The number of carboxylic acids is 1. The topological polar surface area (TPSA) is 40.5 Å². The van der Waals surface area contributed by atoms with Gasteiger partial charge >= 0.3 is 5.97 Å². The van der Waals surface area contributed by atoms with Gasteiger partial charge in [-0.25, -0.2) is 4.79 Å². The van der Waals surface area contributed by atoms with Gasteiger partial charge in [-0.2, -0.15) is 0 Å². The van der Waals surface area contributed by atoms with Crippen LogP contribution in [0.25, 0.3) is 0 Å². The Morgan fingerprint density at radius 1 is 1.39 bits per heavy atom.